The van der Waals surface area contributed by atoms with E-state index in [2.05, 4.69) is 28.9 Å². The van der Waals surface area contributed by atoms with E-state index in [0.717, 1.165) is 77.2 Å². The lowest BCUT2D eigenvalue weighted by Crippen LogP contribution is -2.34. The number of urea groups is 1. The van der Waals surface area contributed by atoms with Crippen LogP contribution in [0.25, 0.3) is 0 Å². The lowest BCUT2D eigenvalue weighted by Gasteiger charge is -2.21. The highest BCUT2D eigenvalue weighted by molar-refractivity contribution is 7.93. The molecule has 0 aliphatic heterocycles. The fraction of sp³-hybridized carbons (Fsp3) is 0.571. The molecule has 2 heterocycles. The number of carbonyl (C=O) groups excluding carboxylic acids is 1. The van der Waals surface area contributed by atoms with Crippen molar-refractivity contribution >= 4 is 33.0 Å². The molecule has 274 valence electrons. The Morgan fingerprint density at radius 3 is 2.28 bits per heavy atom. The fourth-order valence-electron chi connectivity index (χ4n) is 5.97. The summed E-state index contributed by atoms with van der Waals surface area (Å²) >= 11 is 0.899. The van der Waals surface area contributed by atoms with Crippen molar-refractivity contribution in [2.75, 3.05) is 64.8 Å². The second-order valence-electron chi connectivity index (χ2n) is 13.3. The molecule has 2 aliphatic carbocycles. The minimum Gasteiger partial charge on any atom is -0.381 e. The van der Waals surface area contributed by atoms with E-state index in [1.165, 1.54) is 13.1 Å². The highest BCUT2D eigenvalue weighted by atomic mass is 32.2. The molecule has 0 fully saturated rings. The second-order valence-corrected chi connectivity index (χ2v) is 16.3. The van der Waals surface area contributed by atoms with Crippen molar-refractivity contribution in [2.45, 2.75) is 74.7 Å². The molecule has 3 aromatic rings. The van der Waals surface area contributed by atoms with E-state index in [0.29, 0.717) is 52.9 Å². The fourth-order valence-corrected chi connectivity index (χ4v) is 8.09. The van der Waals surface area contributed by atoms with Crippen LogP contribution in [-0.4, -0.2) is 84.8 Å². The molecular weight excluding hydrogens is 683 g/mol. The minimum atomic E-state index is -3.75. The summed E-state index contributed by atoms with van der Waals surface area (Å²) in [5.41, 5.74) is 4.35. The Morgan fingerprint density at radius 1 is 0.960 bits per heavy atom. The Labute approximate surface area is 298 Å². The maximum atomic E-state index is 13.3. The van der Waals surface area contributed by atoms with Crippen molar-refractivity contribution in [2.24, 2.45) is 0 Å². The van der Waals surface area contributed by atoms with Gasteiger partial charge < -0.3 is 34.1 Å². The number of aryl methyl sites for hydroxylation is 1. The number of ether oxygens (including phenoxy) is 5. The lowest BCUT2D eigenvalue weighted by atomic mass is 9.90. The monoisotopic (exact) mass is 731 g/mol. The van der Waals surface area contributed by atoms with Gasteiger partial charge in [0.05, 0.1) is 83.6 Å². The van der Waals surface area contributed by atoms with Gasteiger partial charge in [-0.1, -0.05) is 44.2 Å². The van der Waals surface area contributed by atoms with E-state index in [9.17, 15) is 14.1 Å². The van der Waals surface area contributed by atoms with E-state index in [-0.39, 0.29) is 27.8 Å². The van der Waals surface area contributed by atoms with Gasteiger partial charge in [0, 0.05) is 11.1 Å². The SMILES string of the molecule is CC1(C)CCc2c1nc1c(c2NC(=O)NS(=N)(=O)c2cnc(C(C)(O)COCCOCCOCCOCCOCc3ccccc3)s2)CCC1. The van der Waals surface area contributed by atoms with Crippen LogP contribution in [0.2, 0.25) is 0 Å². The molecule has 4 N–H and O–H groups in total. The number of aromatic nitrogens is 2. The summed E-state index contributed by atoms with van der Waals surface area (Å²) in [6.07, 6.45) is 5.64. The summed E-state index contributed by atoms with van der Waals surface area (Å²) in [6.45, 7) is 9.60. The molecule has 2 aromatic heterocycles. The van der Waals surface area contributed by atoms with E-state index < -0.39 is 21.5 Å². The number of nitrogens with zero attached hydrogens (tertiary/aromatic N) is 2. The number of benzene rings is 1. The topological polar surface area (TPSA) is 174 Å². The average molecular weight is 732 g/mol. The Hall–Kier alpha value is -3.02. The van der Waals surface area contributed by atoms with Crippen LogP contribution in [0.4, 0.5) is 10.5 Å². The van der Waals surface area contributed by atoms with Crippen molar-refractivity contribution in [3.63, 3.8) is 0 Å². The Kier molecular flexibility index (Phi) is 13.4. The number of aliphatic hydroxyl groups is 1. The van der Waals surface area contributed by atoms with Gasteiger partial charge in [0.15, 0.2) is 9.92 Å². The summed E-state index contributed by atoms with van der Waals surface area (Å²) in [7, 11) is -3.75. The van der Waals surface area contributed by atoms with Gasteiger partial charge in [-0.25, -0.2) is 23.5 Å². The first-order valence-electron chi connectivity index (χ1n) is 17.0. The van der Waals surface area contributed by atoms with Crippen LogP contribution in [0.5, 0.6) is 0 Å². The number of nitrogens with one attached hydrogen (secondary N) is 3. The Balaban J connectivity index is 0.960. The van der Waals surface area contributed by atoms with E-state index in [1.807, 2.05) is 30.3 Å². The van der Waals surface area contributed by atoms with Crippen molar-refractivity contribution in [3.8, 4) is 0 Å². The molecule has 2 atom stereocenters. The predicted octanol–water partition coefficient (Wildman–Crippen LogP) is 4.88. The predicted molar refractivity (Wildman–Crippen MR) is 190 cm³/mol. The Morgan fingerprint density at radius 2 is 1.60 bits per heavy atom. The lowest BCUT2D eigenvalue weighted by molar-refractivity contribution is -0.0563. The summed E-state index contributed by atoms with van der Waals surface area (Å²) < 4.78 is 51.9. The quantitative estimate of drug-likeness (QED) is 0.117. The summed E-state index contributed by atoms with van der Waals surface area (Å²) in [4.78, 5) is 22.2. The second kappa shape index (κ2) is 17.5. The molecule has 1 aromatic carbocycles. The van der Waals surface area contributed by atoms with E-state index in [1.54, 1.807) is 0 Å². The van der Waals surface area contributed by atoms with E-state index in [4.69, 9.17) is 33.4 Å². The molecule has 0 saturated carbocycles. The Bertz CT molecular complexity index is 1680. The molecule has 2 unspecified atom stereocenters. The molecule has 5 rings (SSSR count). The van der Waals surface area contributed by atoms with Crippen LogP contribution in [-0.2, 0) is 70.5 Å². The molecule has 50 heavy (non-hydrogen) atoms. The zero-order valence-corrected chi connectivity index (χ0v) is 30.7. The van der Waals surface area contributed by atoms with Crippen molar-refractivity contribution in [3.05, 3.63) is 69.6 Å². The van der Waals surface area contributed by atoms with Gasteiger partial charge in [-0.2, -0.15) is 0 Å². The smallest absolute Gasteiger partial charge is 0.331 e. The molecule has 0 saturated heterocycles. The van der Waals surface area contributed by atoms with Crippen LogP contribution < -0.4 is 10.0 Å². The highest BCUT2D eigenvalue weighted by Gasteiger charge is 2.37. The molecule has 13 nitrogen and oxygen atoms in total. The standard InChI is InChI=1S/C35H49N5O8S2/c1-34(2)13-12-27-30(26-10-7-11-28(26)38-31(27)34)39-33(41)40-50(36,43)29-22-37-32(49-29)35(3,42)24-48-21-19-46-17-15-44-14-16-45-18-20-47-23-25-8-5-4-6-9-25/h4-6,8-9,22,42H,7,10-21,23-24H2,1-3H3,(H3,36,38,39,40,41,43). The summed E-state index contributed by atoms with van der Waals surface area (Å²) in [5.74, 6) is 0. The van der Waals surface area contributed by atoms with Crippen LogP contribution in [0.15, 0.2) is 40.7 Å². The number of hydrogen-bond acceptors (Lipinski definition) is 12. The first kappa shape index (κ1) is 38.2. The van der Waals surface area contributed by atoms with Crippen LogP contribution in [0, 0.1) is 4.78 Å². The molecule has 2 amide bonds. The van der Waals surface area contributed by atoms with Gasteiger partial charge in [0.1, 0.15) is 14.8 Å². The first-order valence-corrected chi connectivity index (χ1v) is 19.4. The van der Waals surface area contributed by atoms with E-state index >= 15 is 0 Å². The maximum absolute atomic E-state index is 13.3. The normalized spacial score (nSPS) is 17.1. The van der Waals surface area contributed by atoms with Gasteiger partial charge in [0.2, 0.25) is 0 Å². The largest absolute Gasteiger partial charge is 0.381 e. The molecule has 0 radical (unpaired) electrons. The van der Waals surface area contributed by atoms with Gasteiger partial charge >= 0.3 is 6.03 Å². The van der Waals surface area contributed by atoms with Crippen molar-refractivity contribution < 1.29 is 37.8 Å². The zero-order valence-electron chi connectivity index (χ0n) is 29.1. The molecular formula is C35H49N5O8S2. The molecule has 15 heteroatoms. The first-order chi connectivity index (χ1) is 24.0. The number of thiazole rings is 1. The number of anilines is 1. The average Bonchev–Trinajstić information content (AvgIpc) is 3.83. The molecule has 0 bridgehead atoms. The van der Waals surface area contributed by atoms with Crippen LogP contribution in [0.1, 0.15) is 66.7 Å². The van der Waals surface area contributed by atoms with Crippen LogP contribution >= 0.6 is 11.3 Å². The van der Waals surface area contributed by atoms with Gasteiger partial charge in [-0.05, 0) is 55.7 Å². The third-order valence-corrected chi connectivity index (χ3v) is 11.8. The number of carbonyl (C=O) groups is 1. The maximum Gasteiger partial charge on any atom is 0.331 e. The molecule has 0 spiro atoms. The summed E-state index contributed by atoms with van der Waals surface area (Å²) in [6, 6.07) is 9.26. The zero-order chi connectivity index (χ0) is 35.6. The number of rotatable bonds is 20. The number of fused-ring (bicyclic) bond motifs is 2. The summed E-state index contributed by atoms with van der Waals surface area (Å²) in [5, 5.41) is 14.1. The van der Waals surface area contributed by atoms with Gasteiger partial charge in [0.25, 0.3) is 0 Å². The number of pyridine rings is 1. The molecule has 2 aliphatic rings. The van der Waals surface area contributed by atoms with Gasteiger partial charge in [-0.3, -0.25) is 4.98 Å². The van der Waals surface area contributed by atoms with Crippen molar-refractivity contribution in [1.82, 2.24) is 14.7 Å². The third kappa shape index (κ3) is 10.3. The van der Waals surface area contributed by atoms with Crippen molar-refractivity contribution in [1.29, 1.82) is 4.78 Å². The number of amides is 2. The number of hydrogen-bond donors (Lipinski definition) is 4. The van der Waals surface area contributed by atoms with Crippen LogP contribution in [0.3, 0.4) is 0 Å². The van der Waals surface area contributed by atoms with Gasteiger partial charge in [-0.15, -0.1) is 11.3 Å². The highest BCUT2D eigenvalue weighted by Crippen LogP contribution is 2.44. The third-order valence-electron chi connectivity index (χ3n) is 8.65. The minimum absolute atomic E-state index is 0.0272.